The predicted molar refractivity (Wildman–Crippen MR) is 75.5 cm³/mol. The first-order chi connectivity index (χ1) is 9.21. The van der Waals surface area contributed by atoms with Crippen LogP contribution >= 0.6 is 15.9 Å². The zero-order valence-electron chi connectivity index (χ0n) is 10.6. The third-order valence-electron chi connectivity index (χ3n) is 3.40. The molecule has 0 heterocycles. The van der Waals surface area contributed by atoms with Crippen molar-refractivity contribution >= 4 is 31.7 Å². The monoisotopic (exact) mass is 364 g/mol. The maximum Gasteiger partial charge on any atom is 0.303 e. The molecule has 1 aromatic rings. The highest BCUT2D eigenvalue weighted by Gasteiger charge is 2.47. The van der Waals surface area contributed by atoms with Gasteiger partial charge in [0, 0.05) is 4.47 Å². The van der Waals surface area contributed by atoms with Gasteiger partial charge >= 0.3 is 5.97 Å². The van der Waals surface area contributed by atoms with Crippen molar-refractivity contribution in [3.8, 4) is 0 Å². The third kappa shape index (κ3) is 4.02. The normalized spacial score (nSPS) is 16.9. The van der Waals surface area contributed by atoms with E-state index in [2.05, 4.69) is 15.9 Å². The van der Waals surface area contributed by atoms with Crippen molar-refractivity contribution in [1.29, 1.82) is 0 Å². The number of carbonyl (C=O) groups is 1. The van der Waals surface area contributed by atoms with Crippen LogP contribution in [0.2, 0.25) is 0 Å². The summed E-state index contributed by atoms with van der Waals surface area (Å²) in [6, 6.07) is 3.85. The fourth-order valence-electron chi connectivity index (χ4n) is 2.26. The highest BCUT2D eigenvalue weighted by atomic mass is 79.9. The van der Waals surface area contributed by atoms with Crippen molar-refractivity contribution in [2.45, 2.75) is 25.0 Å². The minimum atomic E-state index is -3.43. The van der Waals surface area contributed by atoms with Gasteiger partial charge in [0.05, 0.1) is 17.9 Å². The maximum absolute atomic E-state index is 13.0. The molecule has 0 saturated heterocycles. The van der Waals surface area contributed by atoms with Crippen molar-refractivity contribution in [1.82, 2.24) is 0 Å². The molecule has 0 aromatic heterocycles. The summed E-state index contributed by atoms with van der Waals surface area (Å²) < 4.78 is 37.7. The van der Waals surface area contributed by atoms with Crippen LogP contribution in [0.25, 0.3) is 0 Å². The Kier molecular flexibility index (Phi) is 4.20. The van der Waals surface area contributed by atoms with Crippen LogP contribution in [0.5, 0.6) is 0 Å². The van der Waals surface area contributed by atoms with E-state index in [1.54, 1.807) is 0 Å². The molecular formula is C13H14BrFO4S. The summed E-state index contributed by atoms with van der Waals surface area (Å²) in [6.07, 6.45) is 1.14. The first kappa shape index (κ1) is 15.4. The molecule has 0 aliphatic heterocycles. The minimum absolute atomic E-state index is 0.114. The summed E-state index contributed by atoms with van der Waals surface area (Å²) in [4.78, 5) is 10.7. The Morgan fingerprint density at radius 3 is 2.55 bits per heavy atom. The van der Waals surface area contributed by atoms with Crippen LogP contribution in [0, 0.1) is 11.2 Å². The van der Waals surface area contributed by atoms with E-state index in [4.69, 9.17) is 5.11 Å². The summed E-state index contributed by atoms with van der Waals surface area (Å²) in [6.45, 7) is 0. The molecule has 20 heavy (non-hydrogen) atoms. The van der Waals surface area contributed by atoms with Gasteiger partial charge in [-0.1, -0.05) is 22.0 Å². The number of carboxylic acids is 1. The molecule has 0 unspecified atom stereocenters. The molecule has 0 spiro atoms. The Morgan fingerprint density at radius 1 is 1.40 bits per heavy atom. The first-order valence-corrected chi connectivity index (χ1v) is 8.69. The van der Waals surface area contributed by atoms with Gasteiger partial charge in [-0.2, -0.15) is 0 Å². The van der Waals surface area contributed by atoms with Crippen LogP contribution in [0.15, 0.2) is 22.7 Å². The SMILES string of the molecule is O=C(O)CC1(CS(=O)(=O)Cc2ccc(F)cc2Br)CC1. The Morgan fingerprint density at radius 2 is 2.05 bits per heavy atom. The number of sulfone groups is 1. The van der Waals surface area contributed by atoms with E-state index in [9.17, 15) is 17.6 Å². The summed E-state index contributed by atoms with van der Waals surface area (Å²) in [7, 11) is -3.43. The van der Waals surface area contributed by atoms with Gasteiger partial charge in [-0.3, -0.25) is 4.79 Å². The zero-order chi connectivity index (χ0) is 15.0. The number of carboxylic acid groups (broad SMARTS) is 1. The Hall–Kier alpha value is -0.950. The third-order valence-corrected chi connectivity index (χ3v) is 5.94. The summed E-state index contributed by atoms with van der Waals surface area (Å²) >= 11 is 3.14. The number of benzene rings is 1. The largest absolute Gasteiger partial charge is 0.481 e. The van der Waals surface area contributed by atoms with Gasteiger partial charge in [0.2, 0.25) is 0 Å². The second-order valence-electron chi connectivity index (χ2n) is 5.34. The smallest absolute Gasteiger partial charge is 0.303 e. The lowest BCUT2D eigenvalue weighted by atomic mass is 10.1. The molecule has 0 atom stereocenters. The van der Waals surface area contributed by atoms with E-state index < -0.39 is 27.0 Å². The van der Waals surface area contributed by atoms with Gasteiger partial charge in [0.15, 0.2) is 9.84 Å². The second kappa shape index (κ2) is 5.44. The molecular weight excluding hydrogens is 351 g/mol. The first-order valence-electron chi connectivity index (χ1n) is 6.08. The van der Waals surface area contributed by atoms with Gasteiger partial charge in [-0.25, -0.2) is 12.8 Å². The number of halogens is 2. The average Bonchev–Trinajstić information content (AvgIpc) is 2.99. The van der Waals surface area contributed by atoms with Crippen LogP contribution in [0.1, 0.15) is 24.8 Å². The van der Waals surface area contributed by atoms with E-state index in [0.29, 0.717) is 22.9 Å². The van der Waals surface area contributed by atoms with Crippen LogP contribution < -0.4 is 0 Å². The van der Waals surface area contributed by atoms with Gasteiger partial charge in [0.25, 0.3) is 0 Å². The summed E-state index contributed by atoms with van der Waals surface area (Å²) in [5, 5.41) is 8.81. The highest BCUT2D eigenvalue weighted by molar-refractivity contribution is 9.10. The molecule has 1 N–H and O–H groups in total. The molecule has 0 bridgehead atoms. The van der Waals surface area contributed by atoms with E-state index in [1.165, 1.54) is 18.2 Å². The second-order valence-corrected chi connectivity index (χ2v) is 8.26. The Labute approximate surface area is 125 Å². The van der Waals surface area contributed by atoms with Gasteiger partial charge in [-0.05, 0) is 36.0 Å². The lowest BCUT2D eigenvalue weighted by Gasteiger charge is -2.13. The summed E-state index contributed by atoms with van der Waals surface area (Å²) in [5.41, 5.74) is -0.116. The molecule has 0 radical (unpaired) electrons. The Balaban J connectivity index is 2.10. The highest BCUT2D eigenvalue weighted by Crippen LogP contribution is 2.50. The van der Waals surface area contributed by atoms with E-state index in [-0.39, 0.29) is 17.9 Å². The molecule has 1 fully saturated rings. The van der Waals surface area contributed by atoms with Crippen molar-refractivity contribution in [2.24, 2.45) is 5.41 Å². The molecule has 110 valence electrons. The minimum Gasteiger partial charge on any atom is -0.481 e. The number of rotatable bonds is 6. The lowest BCUT2D eigenvalue weighted by Crippen LogP contribution is -2.21. The van der Waals surface area contributed by atoms with Crippen molar-refractivity contribution in [3.63, 3.8) is 0 Å². The summed E-state index contributed by atoms with van der Waals surface area (Å²) in [5.74, 6) is -1.76. The molecule has 1 aliphatic rings. The fourth-order valence-corrected chi connectivity index (χ4v) is 5.09. The van der Waals surface area contributed by atoms with Crippen LogP contribution in [0.4, 0.5) is 4.39 Å². The quantitative estimate of drug-likeness (QED) is 0.842. The van der Waals surface area contributed by atoms with E-state index >= 15 is 0 Å². The number of hydrogen-bond donors (Lipinski definition) is 1. The van der Waals surface area contributed by atoms with E-state index in [0.717, 1.165) is 0 Å². The molecule has 4 nitrogen and oxygen atoms in total. The van der Waals surface area contributed by atoms with E-state index in [1.807, 2.05) is 0 Å². The Bertz CT molecular complexity index is 638. The van der Waals surface area contributed by atoms with Crippen LogP contribution in [-0.2, 0) is 20.4 Å². The fraction of sp³-hybridized carbons (Fsp3) is 0.462. The standard InChI is InChI=1S/C13H14BrFO4S/c14-11-5-10(15)2-1-9(11)7-20(18,19)8-13(3-4-13)6-12(16)17/h1-2,5H,3-4,6-8H2,(H,16,17). The van der Waals surface area contributed by atoms with Crippen molar-refractivity contribution in [2.75, 3.05) is 5.75 Å². The molecule has 1 saturated carbocycles. The topological polar surface area (TPSA) is 71.4 Å². The number of hydrogen-bond acceptors (Lipinski definition) is 3. The van der Waals surface area contributed by atoms with Gasteiger partial charge < -0.3 is 5.11 Å². The average molecular weight is 365 g/mol. The lowest BCUT2D eigenvalue weighted by molar-refractivity contribution is -0.138. The van der Waals surface area contributed by atoms with Crippen LogP contribution in [0.3, 0.4) is 0 Å². The molecule has 2 rings (SSSR count). The van der Waals surface area contributed by atoms with Crippen LogP contribution in [-0.4, -0.2) is 25.2 Å². The predicted octanol–water partition coefficient (Wildman–Crippen LogP) is 2.76. The van der Waals surface area contributed by atoms with Gasteiger partial charge in [-0.15, -0.1) is 0 Å². The number of aliphatic carboxylic acids is 1. The maximum atomic E-state index is 13.0. The zero-order valence-corrected chi connectivity index (χ0v) is 13.0. The van der Waals surface area contributed by atoms with Gasteiger partial charge in [0.1, 0.15) is 5.82 Å². The molecule has 1 aromatic carbocycles. The van der Waals surface area contributed by atoms with Crippen molar-refractivity contribution in [3.05, 3.63) is 34.1 Å². The molecule has 0 amide bonds. The molecule has 1 aliphatic carbocycles. The van der Waals surface area contributed by atoms with Crippen molar-refractivity contribution < 1.29 is 22.7 Å². The molecule has 7 heteroatoms.